The highest BCUT2D eigenvalue weighted by Crippen LogP contribution is 2.43. The zero-order valence-electron chi connectivity index (χ0n) is 9.44. The van der Waals surface area contributed by atoms with Crippen LogP contribution in [0.2, 0.25) is 0 Å². The summed E-state index contributed by atoms with van der Waals surface area (Å²) < 4.78 is 13.8. The van der Waals surface area contributed by atoms with Crippen LogP contribution in [0.5, 0.6) is 0 Å². The lowest BCUT2D eigenvalue weighted by Crippen LogP contribution is -2.46. The Morgan fingerprint density at radius 2 is 1.93 bits per heavy atom. The molecule has 14 heavy (non-hydrogen) atoms. The second-order valence-electron chi connectivity index (χ2n) is 4.87. The van der Waals surface area contributed by atoms with Crippen LogP contribution >= 0.6 is 0 Å². The second kappa shape index (κ2) is 3.37. The Morgan fingerprint density at radius 3 is 2.36 bits per heavy atom. The van der Waals surface area contributed by atoms with Gasteiger partial charge in [-0.25, -0.2) is 4.39 Å². The quantitative estimate of drug-likeness (QED) is 0.691. The van der Waals surface area contributed by atoms with Crippen molar-refractivity contribution in [3.8, 4) is 0 Å². The summed E-state index contributed by atoms with van der Waals surface area (Å²) in [6, 6.07) is 0. The van der Waals surface area contributed by atoms with Crippen LogP contribution in [0.4, 0.5) is 4.39 Å². The normalized spacial score (nSPS) is 26.8. The lowest BCUT2D eigenvalue weighted by atomic mass is 9.69. The first-order valence-corrected chi connectivity index (χ1v) is 4.96. The predicted octanol–water partition coefficient (Wildman–Crippen LogP) is 2.62. The molecule has 0 spiro atoms. The van der Waals surface area contributed by atoms with Crippen LogP contribution < -0.4 is 5.32 Å². The fourth-order valence-electron chi connectivity index (χ4n) is 2.40. The fourth-order valence-corrected chi connectivity index (χ4v) is 2.40. The van der Waals surface area contributed by atoms with E-state index in [1.165, 1.54) is 0 Å². The molecule has 0 fully saturated rings. The lowest BCUT2D eigenvalue weighted by molar-refractivity contribution is -0.130. The van der Waals surface area contributed by atoms with Gasteiger partial charge in [0.2, 0.25) is 5.91 Å². The van der Waals surface area contributed by atoms with E-state index in [9.17, 15) is 9.18 Å². The minimum absolute atomic E-state index is 0.0658. The minimum atomic E-state index is -0.680. The van der Waals surface area contributed by atoms with E-state index in [2.05, 4.69) is 5.32 Å². The molecule has 80 valence electrons. The third kappa shape index (κ3) is 1.56. The Hall–Kier alpha value is -0.860. The Kier molecular flexibility index (Phi) is 2.70. The van der Waals surface area contributed by atoms with Crippen molar-refractivity contribution in [3.63, 3.8) is 0 Å². The summed E-state index contributed by atoms with van der Waals surface area (Å²) in [6.45, 7) is 9.07. The monoisotopic (exact) mass is 199 g/mol. The molecule has 1 atom stereocenters. The van der Waals surface area contributed by atoms with Crippen molar-refractivity contribution in [3.05, 3.63) is 11.5 Å². The van der Waals surface area contributed by atoms with Crippen molar-refractivity contribution in [2.24, 2.45) is 17.3 Å². The lowest BCUT2D eigenvalue weighted by Gasteiger charge is -2.39. The third-order valence-electron chi connectivity index (χ3n) is 2.93. The van der Waals surface area contributed by atoms with Gasteiger partial charge in [0, 0.05) is 11.1 Å². The van der Waals surface area contributed by atoms with Crippen molar-refractivity contribution >= 4 is 5.91 Å². The highest BCUT2D eigenvalue weighted by molar-refractivity contribution is 5.83. The van der Waals surface area contributed by atoms with Crippen LogP contribution in [0.3, 0.4) is 0 Å². The van der Waals surface area contributed by atoms with E-state index in [-0.39, 0.29) is 23.6 Å². The third-order valence-corrected chi connectivity index (χ3v) is 2.93. The topological polar surface area (TPSA) is 29.1 Å². The van der Waals surface area contributed by atoms with E-state index in [0.29, 0.717) is 5.70 Å². The molecule has 1 aliphatic rings. The van der Waals surface area contributed by atoms with Gasteiger partial charge in [-0.3, -0.25) is 4.79 Å². The van der Waals surface area contributed by atoms with Gasteiger partial charge in [-0.1, -0.05) is 27.7 Å². The summed E-state index contributed by atoms with van der Waals surface area (Å²) in [5, 5.41) is 2.58. The highest BCUT2D eigenvalue weighted by Gasteiger charge is 2.44. The number of amides is 1. The first-order valence-electron chi connectivity index (χ1n) is 4.96. The Labute approximate surface area is 84.6 Å². The molecule has 1 amide bonds. The maximum Gasteiger partial charge on any atom is 0.228 e. The molecule has 0 aliphatic carbocycles. The number of carbonyl (C=O) groups excluding carboxylic acids is 1. The summed E-state index contributed by atoms with van der Waals surface area (Å²) >= 11 is 0. The molecule has 0 aromatic rings. The molecule has 1 rings (SSSR count). The molecule has 0 bridgehead atoms. The maximum atomic E-state index is 13.8. The summed E-state index contributed by atoms with van der Waals surface area (Å²) in [6.07, 6.45) is 0. The number of nitrogens with one attached hydrogen (secondary N) is 1. The highest BCUT2D eigenvalue weighted by atomic mass is 19.1. The van der Waals surface area contributed by atoms with Gasteiger partial charge in [-0.2, -0.15) is 0 Å². The zero-order chi connectivity index (χ0) is 11.1. The van der Waals surface area contributed by atoms with Gasteiger partial charge in [0.15, 0.2) is 0 Å². The van der Waals surface area contributed by atoms with Crippen molar-refractivity contribution in [2.75, 3.05) is 0 Å². The predicted molar refractivity (Wildman–Crippen MR) is 54.1 cm³/mol. The molecule has 0 aromatic carbocycles. The minimum Gasteiger partial charge on any atom is -0.327 e. The molecule has 1 N–H and O–H groups in total. The number of rotatable bonds is 1. The first kappa shape index (κ1) is 11.2. The van der Waals surface area contributed by atoms with Gasteiger partial charge in [0.25, 0.3) is 0 Å². The second-order valence-corrected chi connectivity index (χ2v) is 4.87. The molecule has 1 heterocycles. The van der Waals surface area contributed by atoms with E-state index < -0.39 is 5.41 Å². The largest absolute Gasteiger partial charge is 0.327 e. The SMILES string of the molecule is CC1=C(F)C(C)(C)C(C(C)C)C(=O)N1. The van der Waals surface area contributed by atoms with Crippen LogP contribution in [-0.4, -0.2) is 5.91 Å². The van der Waals surface area contributed by atoms with E-state index in [1.807, 2.05) is 13.8 Å². The summed E-state index contributed by atoms with van der Waals surface area (Å²) in [5.41, 5.74) is -0.322. The molecule has 1 aliphatic heterocycles. The maximum absolute atomic E-state index is 13.8. The number of halogens is 1. The van der Waals surface area contributed by atoms with Crippen LogP contribution in [0.1, 0.15) is 34.6 Å². The van der Waals surface area contributed by atoms with Crippen molar-refractivity contribution in [2.45, 2.75) is 34.6 Å². The van der Waals surface area contributed by atoms with Gasteiger partial charge >= 0.3 is 0 Å². The van der Waals surface area contributed by atoms with Gasteiger partial charge in [-0.15, -0.1) is 0 Å². The van der Waals surface area contributed by atoms with Crippen LogP contribution in [0, 0.1) is 17.3 Å². The van der Waals surface area contributed by atoms with Crippen LogP contribution in [0.25, 0.3) is 0 Å². The number of allylic oxidation sites excluding steroid dienone is 2. The van der Waals surface area contributed by atoms with E-state index in [1.54, 1.807) is 20.8 Å². The molecule has 3 heteroatoms. The van der Waals surface area contributed by atoms with Gasteiger partial charge in [0.1, 0.15) is 5.83 Å². The average molecular weight is 199 g/mol. The van der Waals surface area contributed by atoms with Gasteiger partial charge in [-0.05, 0) is 12.8 Å². The first-order chi connectivity index (χ1) is 6.28. The van der Waals surface area contributed by atoms with Crippen molar-refractivity contribution in [1.29, 1.82) is 0 Å². The summed E-state index contributed by atoms with van der Waals surface area (Å²) in [4.78, 5) is 11.7. The molecule has 0 aromatic heterocycles. The van der Waals surface area contributed by atoms with Gasteiger partial charge in [0.05, 0.1) is 5.92 Å². The Bertz CT molecular complexity index is 292. The van der Waals surface area contributed by atoms with Gasteiger partial charge < -0.3 is 5.32 Å². The molecule has 2 nitrogen and oxygen atoms in total. The van der Waals surface area contributed by atoms with Crippen LogP contribution in [0.15, 0.2) is 11.5 Å². The Morgan fingerprint density at radius 1 is 1.43 bits per heavy atom. The number of hydrogen-bond donors (Lipinski definition) is 1. The Balaban J connectivity index is 3.17. The molecule has 0 saturated heterocycles. The fraction of sp³-hybridized carbons (Fsp3) is 0.727. The molecule has 0 radical (unpaired) electrons. The summed E-state index contributed by atoms with van der Waals surface area (Å²) in [7, 11) is 0. The average Bonchev–Trinajstić information content (AvgIpc) is 1.98. The molecular formula is C11H18FNO. The standard InChI is InChI=1S/C11H18FNO/c1-6(2)8-10(14)13-7(3)9(12)11(8,4)5/h6,8H,1-5H3,(H,13,14). The molecular weight excluding hydrogens is 181 g/mol. The van der Waals surface area contributed by atoms with Crippen LogP contribution in [-0.2, 0) is 4.79 Å². The van der Waals surface area contributed by atoms with E-state index in [0.717, 1.165) is 0 Å². The smallest absolute Gasteiger partial charge is 0.228 e. The summed E-state index contributed by atoms with van der Waals surface area (Å²) in [5.74, 6) is -0.408. The molecule has 0 saturated carbocycles. The molecule has 1 unspecified atom stereocenters. The number of hydrogen-bond acceptors (Lipinski definition) is 1. The van der Waals surface area contributed by atoms with Crippen molar-refractivity contribution in [1.82, 2.24) is 5.32 Å². The zero-order valence-corrected chi connectivity index (χ0v) is 9.44. The number of carbonyl (C=O) groups is 1. The van der Waals surface area contributed by atoms with E-state index in [4.69, 9.17) is 0 Å². The van der Waals surface area contributed by atoms with Crippen molar-refractivity contribution < 1.29 is 9.18 Å². The van der Waals surface area contributed by atoms with E-state index >= 15 is 0 Å².